The van der Waals surface area contributed by atoms with Gasteiger partial charge in [-0.1, -0.05) is 39.0 Å². The van der Waals surface area contributed by atoms with Crippen LogP contribution in [0.4, 0.5) is 0 Å². The molecule has 0 radical (unpaired) electrons. The maximum Gasteiger partial charge on any atom is 0.295 e. The molecule has 4 rings (SSSR count). The number of hydrogen-bond acceptors (Lipinski definition) is 4. The molecule has 0 bridgehead atoms. The van der Waals surface area contributed by atoms with Crippen LogP contribution in [0, 0.1) is 12.8 Å². The van der Waals surface area contributed by atoms with Crippen LogP contribution >= 0.6 is 0 Å². The van der Waals surface area contributed by atoms with E-state index in [1.165, 1.54) is 0 Å². The van der Waals surface area contributed by atoms with Gasteiger partial charge in [0.1, 0.15) is 11.5 Å². The van der Waals surface area contributed by atoms with E-state index in [1.807, 2.05) is 38.1 Å². The van der Waals surface area contributed by atoms with Crippen LogP contribution in [0.1, 0.15) is 50.1 Å². The summed E-state index contributed by atoms with van der Waals surface area (Å²) in [6.07, 6.45) is 0.701. The van der Waals surface area contributed by atoms with Crippen molar-refractivity contribution in [3.63, 3.8) is 0 Å². The number of H-pyrrole nitrogens is 1. The molecular formula is C27H30N2O4. The highest BCUT2D eigenvalue weighted by Crippen LogP contribution is 2.43. The van der Waals surface area contributed by atoms with E-state index in [0.29, 0.717) is 36.8 Å². The quantitative estimate of drug-likeness (QED) is 0.291. The highest BCUT2D eigenvalue weighted by molar-refractivity contribution is 6.46. The molecule has 1 saturated heterocycles. The number of hydrogen-bond donors (Lipinski definition) is 2. The Labute approximate surface area is 193 Å². The number of fused-ring (bicyclic) bond motifs is 1. The lowest BCUT2D eigenvalue weighted by Crippen LogP contribution is -2.30. The number of ketones is 1. The summed E-state index contributed by atoms with van der Waals surface area (Å²) in [6.45, 7) is 9.06. The van der Waals surface area contributed by atoms with Crippen molar-refractivity contribution in [2.45, 2.75) is 40.2 Å². The van der Waals surface area contributed by atoms with Gasteiger partial charge in [0.05, 0.1) is 18.2 Å². The summed E-state index contributed by atoms with van der Waals surface area (Å²) in [5.74, 6) is -0.319. The fourth-order valence-electron chi connectivity index (χ4n) is 4.43. The number of aliphatic hydroxyl groups is 1. The zero-order chi connectivity index (χ0) is 23.7. The minimum atomic E-state index is -0.657. The molecule has 2 heterocycles. The predicted molar refractivity (Wildman–Crippen MR) is 129 cm³/mol. The van der Waals surface area contributed by atoms with E-state index in [1.54, 1.807) is 29.2 Å². The average molecular weight is 447 g/mol. The third-order valence-corrected chi connectivity index (χ3v) is 5.93. The molecule has 1 aliphatic heterocycles. The van der Waals surface area contributed by atoms with E-state index < -0.39 is 17.7 Å². The summed E-state index contributed by atoms with van der Waals surface area (Å²) in [7, 11) is 0. The van der Waals surface area contributed by atoms with Crippen molar-refractivity contribution in [2.24, 2.45) is 5.92 Å². The predicted octanol–water partition coefficient (Wildman–Crippen LogP) is 5.34. The number of aromatic amines is 1. The number of Topliss-reactive ketones (excluding diaryl/α,β-unsaturated/α-hetero) is 1. The first-order valence-corrected chi connectivity index (χ1v) is 11.4. The van der Waals surface area contributed by atoms with Crippen molar-refractivity contribution >= 4 is 28.4 Å². The van der Waals surface area contributed by atoms with Gasteiger partial charge in [0, 0.05) is 34.3 Å². The topological polar surface area (TPSA) is 82.6 Å². The number of likely N-dealkylation sites (tertiary alicyclic amines) is 1. The van der Waals surface area contributed by atoms with Crippen LogP contribution in [0.5, 0.6) is 5.75 Å². The first-order valence-electron chi connectivity index (χ1n) is 11.4. The second kappa shape index (κ2) is 9.14. The Bertz CT molecular complexity index is 1220. The van der Waals surface area contributed by atoms with Crippen molar-refractivity contribution in [1.82, 2.24) is 9.88 Å². The van der Waals surface area contributed by atoms with Crippen molar-refractivity contribution in [2.75, 3.05) is 13.2 Å². The van der Waals surface area contributed by atoms with Crippen LogP contribution in [0.15, 0.2) is 54.1 Å². The second-order valence-corrected chi connectivity index (χ2v) is 8.93. The molecular weight excluding hydrogens is 416 g/mol. The highest BCUT2D eigenvalue weighted by Gasteiger charge is 2.47. The minimum Gasteiger partial charge on any atom is -0.507 e. The molecule has 0 spiro atoms. The summed E-state index contributed by atoms with van der Waals surface area (Å²) in [5, 5.41) is 12.2. The Morgan fingerprint density at radius 1 is 1.12 bits per heavy atom. The van der Waals surface area contributed by atoms with Crippen molar-refractivity contribution < 1.29 is 19.4 Å². The van der Waals surface area contributed by atoms with Gasteiger partial charge >= 0.3 is 0 Å². The fourth-order valence-corrected chi connectivity index (χ4v) is 4.43. The van der Waals surface area contributed by atoms with E-state index in [9.17, 15) is 14.7 Å². The van der Waals surface area contributed by atoms with Gasteiger partial charge in [-0.25, -0.2) is 0 Å². The van der Waals surface area contributed by atoms with Crippen LogP contribution < -0.4 is 4.74 Å². The minimum absolute atomic E-state index is 0.122. The summed E-state index contributed by atoms with van der Waals surface area (Å²) >= 11 is 0. The Kier molecular flexibility index (Phi) is 6.27. The molecule has 0 aliphatic carbocycles. The van der Waals surface area contributed by atoms with Gasteiger partial charge in [-0.2, -0.15) is 0 Å². The maximum atomic E-state index is 13.2. The molecule has 3 aromatic rings. The van der Waals surface area contributed by atoms with Gasteiger partial charge in [-0.05, 0) is 49.6 Å². The molecule has 172 valence electrons. The van der Waals surface area contributed by atoms with Crippen molar-refractivity contribution in [1.29, 1.82) is 0 Å². The molecule has 1 unspecified atom stereocenters. The van der Waals surface area contributed by atoms with Crippen LogP contribution in [-0.4, -0.2) is 39.8 Å². The Hall–Kier alpha value is -3.54. The van der Waals surface area contributed by atoms with Crippen LogP contribution in [-0.2, 0) is 9.59 Å². The average Bonchev–Trinajstić information content (AvgIpc) is 3.25. The van der Waals surface area contributed by atoms with Gasteiger partial charge in [0.2, 0.25) is 0 Å². The zero-order valence-corrected chi connectivity index (χ0v) is 19.5. The molecule has 1 amide bonds. The Morgan fingerprint density at radius 3 is 2.48 bits per heavy atom. The summed E-state index contributed by atoms with van der Waals surface area (Å²) < 4.78 is 5.73. The highest BCUT2D eigenvalue weighted by atomic mass is 16.5. The lowest BCUT2D eigenvalue weighted by molar-refractivity contribution is -0.139. The smallest absolute Gasteiger partial charge is 0.295 e. The zero-order valence-electron chi connectivity index (χ0n) is 19.5. The van der Waals surface area contributed by atoms with Gasteiger partial charge in [-0.15, -0.1) is 0 Å². The van der Waals surface area contributed by atoms with E-state index in [2.05, 4.69) is 18.8 Å². The number of carbonyl (C=O) groups is 2. The molecule has 1 atom stereocenters. The van der Waals surface area contributed by atoms with E-state index in [0.717, 1.165) is 22.2 Å². The number of benzene rings is 2. The molecule has 1 aliphatic rings. The lowest BCUT2D eigenvalue weighted by Gasteiger charge is -2.25. The molecule has 6 nitrogen and oxygen atoms in total. The normalized spacial score (nSPS) is 18.0. The third kappa shape index (κ3) is 4.13. The maximum absolute atomic E-state index is 13.2. The largest absolute Gasteiger partial charge is 0.507 e. The summed E-state index contributed by atoms with van der Waals surface area (Å²) in [5.41, 5.74) is 3.24. The number of amides is 1. The number of rotatable bonds is 7. The molecule has 33 heavy (non-hydrogen) atoms. The molecule has 1 aromatic heterocycles. The molecule has 1 fully saturated rings. The first-order chi connectivity index (χ1) is 15.8. The van der Waals surface area contributed by atoms with Gasteiger partial charge < -0.3 is 19.7 Å². The molecule has 6 heteroatoms. The first kappa shape index (κ1) is 22.6. The molecule has 2 aromatic carbocycles. The fraction of sp³-hybridized carbons (Fsp3) is 0.333. The van der Waals surface area contributed by atoms with Gasteiger partial charge in [0.15, 0.2) is 0 Å². The van der Waals surface area contributed by atoms with Crippen LogP contribution in [0.3, 0.4) is 0 Å². The number of aryl methyl sites for hydroxylation is 1. The number of carbonyl (C=O) groups excluding carboxylic acids is 2. The monoisotopic (exact) mass is 446 g/mol. The molecule has 0 saturated carbocycles. The second-order valence-electron chi connectivity index (χ2n) is 8.93. The third-order valence-electron chi connectivity index (χ3n) is 5.93. The Morgan fingerprint density at radius 2 is 1.82 bits per heavy atom. The van der Waals surface area contributed by atoms with Crippen LogP contribution in [0.2, 0.25) is 0 Å². The number of ether oxygens (including phenoxy) is 1. The lowest BCUT2D eigenvalue weighted by atomic mass is 9.93. The van der Waals surface area contributed by atoms with E-state index >= 15 is 0 Å². The number of para-hydroxylation sites is 1. The van der Waals surface area contributed by atoms with E-state index in [-0.39, 0.29) is 11.3 Å². The Balaban J connectivity index is 1.83. The van der Waals surface area contributed by atoms with Crippen LogP contribution in [0.25, 0.3) is 16.7 Å². The van der Waals surface area contributed by atoms with E-state index in [4.69, 9.17) is 4.74 Å². The SMILES string of the molecule is CCCN1C(=O)C(=O)/C(=C(/O)c2ccc(OCC(C)C)cc2)C1c1c(C)[nH]c2ccccc12. The number of nitrogens with zero attached hydrogens (tertiary/aromatic N) is 1. The summed E-state index contributed by atoms with van der Waals surface area (Å²) in [4.78, 5) is 31.1. The van der Waals surface area contributed by atoms with Crippen molar-refractivity contribution in [3.8, 4) is 5.75 Å². The van der Waals surface area contributed by atoms with Crippen molar-refractivity contribution in [3.05, 3.63) is 70.9 Å². The van der Waals surface area contributed by atoms with Gasteiger partial charge in [0.25, 0.3) is 11.7 Å². The number of aliphatic hydroxyl groups excluding tert-OH is 1. The molecule has 2 N–H and O–H groups in total. The standard InChI is InChI=1S/C27H30N2O4/c1-5-14-29-24(22-17(4)28-21-9-7-6-8-20(21)22)23(26(31)27(29)32)25(30)18-10-12-19(13-11-18)33-15-16(2)3/h6-13,16,24,28,30H,5,14-15H2,1-4H3/b25-23+. The van der Waals surface area contributed by atoms with Gasteiger partial charge in [-0.3, -0.25) is 9.59 Å². The number of aromatic nitrogens is 1. The summed E-state index contributed by atoms with van der Waals surface area (Å²) in [6, 6.07) is 14.1. The number of nitrogens with one attached hydrogen (secondary N) is 1.